The lowest BCUT2D eigenvalue weighted by molar-refractivity contribution is 0.0943. The lowest BCUT2D eigenvalue weighted by atomic mass is 10.2. The number of fused-ring (bicyclic) bond motifs is 1. The molecule has 1 fully saturated rings. The molecule has 3 aromatic rings. The summed E-state index contributed by atoms with van der Waals surface area (Å²) in [5, 5.41) is 5.65. The van der Waals surface area contributed by atoms with E-state index in [1.54, 1.807) is 17.0 Å². The predicted molar refractivity (Wildman–Crippen MR) is 126 cm³/mol. The molecule has 4 rings (SSSR count). The molecule has 1 aromatic heterocycles. The van der Waals surface area contributed by atoms with Gasteiger partial charge in [0.15, 0.2) is 0 Å². The highest BCUT2D eigenvalue weighted by molar-refractivity contribution is 5.97. The van der Waals surface area contributed by atoms with E-state index in [1.807, 2.05) is 43.7 Å². The SMILES string of the molecule is CC(C)NC(=O)c1ccc2c(c1)nc(CN1CCN(C(=O)Nc3cccc(F)c3)CC1)n2C. The molecule has 0 unspecified atom stereocenters. The topological polar surface area (TPSA) is 82.5 Å². The van der Waals surface area contributed by atoms with E-state index in [1.165, 1.54) is 12.1 Å². The summed E-state index contributed by atoms with van der Waals surface area (Å²) in [4.78, 5) is 33.6. The molecule has 33 heavy (non-hydrogen) atoms. The van der Waals surface area contributed by atoms with Gasteiger partial charge in [0.2, 0.25) is 0 Å². The summed E-state index contributed by atoms with van der Waals surface area (Å²) in [5.74, 6) is 0.420. The maximum Gasteiger partial charge on any atom is 0.321 e. The number of hydrogen-bond donors (Lipinski definition) is 2. The standard InChI is InChI=1S/C24H29FN6O2/c1-16(2)26-23(32)17-7-8-21-20(13-17)28-22(29(21)3)15-30-9-11-31(12-10-30)24(33)27-19-6-4-5-18(25)14-19/h4-8,13-14,16H,9-12,15H2,1-3H3,(H,26,32)(H,27,33). The molecule has 3 amide bonds. The fourth-order valence-electron chi connectivity index (χ4n) is 3.96. The summed E-state index contributed by atoms with van der Waals surface area (Å²) in [6.45, 7) is 7.08. The molecule has 1 saturated heterocycles. The highest BCUT2D eigenvalue weighted by atomic mass is 19.1. The second-order valence-corrected chi connectivity index (χ2v) is 8.62. The van der Waals surface area contributed by atoms with E-state index < -0.39 is 0 Å². The first-order chi connectivity index (χ1) is 15.8. The fraction of sp³-hybridized carbons (Fsp3) is 0.375. The number of benzene rings is 2. The predicted octanol–water partition coefficient (Wildman–Crippen LogP) is 3.20. The van der Waals surface area contributed by atoms with Crippen LogP contribution in [0.2, 0.25) is 0 Å². The van der Waals surface area contributed by atoms with Gasteiger partial charge in [0.1, 0.15) is 11.6 Å². The minimum absolute atomic E-state index is 0.0714. The van der Waals surface area contributed by atoms with Crippen LogP contribution in [0.15, 0.2) is 42.5 Å². The van der Waals surface area contributed by atoms with Gasteiger partial charge in [-0.1, -0.05) is 6.07 Å². The third-order valence-corrected chi connectivity index (χ3v) is 5.76. The lowest BCUT2D eigenvalue weighted by Crippen LogP contribution is -2.49. The number of rotatable bonds is 5. The summed E-state index contributed by atoms with van der Waals surface area (Å²) in [6.07, 6.45) is 0. The van der Waals surface area contributed by atoms with Crippen molar-refractivity contribution in [3.63, 3.8) is 0 Å². The second-order valence-electron chi connectivity index (χ2n) is 8.62. The van der Waals surface area contributed by atoms with Crippen molar-refractivity contribution < 1.29 is 14.0 Å². The van der Waals surface area contributed by atoms with E-state index in [9.17, 15) is 14.0 Å². The fourth-order valence-corrected chi connectivity index (χ4v) is 3.96. The Morgan fingerprint density at radius 2 is 1.85 bits per heavy atom. The average molecular weight is 453 g/mol. The quantitative estimate of drug-likeness (QED) is 0.623. The number of amides is 3. The van der Waals surface area contributed by atoms with Crippen molar-refractivity contribution >= 4 is 28.7 Å². The second kappa shape index (κ2) is 9.58. The van der Waals surface area contributed by atoms with Gasteiger partial charge >= 0.3 is 6.03 Å². The van der Waals surface area contributed by atoms with Crippen LogP contribution in [-0.2, 0) is 13.6 Å². The van der Waals surface area contributed by atoms with Crippen LogP contribution in [0.25, 0.3) is 11.0 Å². The molecule has 1 aliphatic heterocycles. The molecule has 1 aliphatic rings. The molecule has 0 aliphatic carbocycles. The van der Waals surface area contributed by atoms with Crippen molar-refractivity contribution in [2.75, 3.05) is 31.5 Å². The monoisotopic (exact) mass is 452 g/mol. The van der Waals surface area contributed by atoms with E-state index in [0.29, 0.717) is 44.0 Å². The Bertz CT molecular complexity index is 1170. The van der Waals surface area contributed by atoms with E-state index in [2.05, 4.69) is 15.5 Å². The molecule has 0 spiro atoms. The van der Waals surface area contributed by atoms with Crippen LogP contribution in [0.1, 0.15) is 30.0 Å². The molecular formula is C24H29FN6O2. The largest absolute Gasteiger partial charge is 0.350 e. The number of aromatic nitrogens is 2. The van der Waals surface area contributed by atoms with Gasteiger partial charge < -0.3 is 20.1 Å². The number of anilines is 1. The van der Waals surface area contributed by atoms with Crippen LogP contribution in [0.5, 0.6) is 0 Å². The van der Waals surface area contributed by atoms with Gasteiger partial charge in [-0.2, -0.15) is 0 Å². The van der Waals surface area contributed by atoms with Crippen LogP contribution in [0, 0.1) is 5.82 Å². The molecular weight excluding hydrogens is 423 g/mol. The third kappa shape index (κ3) is 5.31. The van der Waals surface area contributed by atoms with Gasteiger partial charge in [-0.25, -0.2) is 14.2 Å². The molecule has 2 aromatic carbocycles. The first kappa shape index (κ1) is 22.7. The van der Waals surface area contributed by atoms with E-state index >= 15 is 0 Å². The number of imidazole rings is 1. The number of nitrogens with one attached hydrogen (secondary N) is 2. The van der Waals surface area contributed by atoms with Crippen molar-refractivity contribution in [2.24, 2.45) is 7.05 Å². The normalized spacial score (nSPS) is 14.6. The van der Waals surface area contributed by atoms with Crippen molar-refractivity contribution in [1.82, 2.24) is 24.7 Å². The van der Waals surface area contributed by atoms with Gasteiger partial charge in [-0.3, -0.25) is 9.69 Å². The van der Waals surface area contributed by atoms with E-state index in [-0.39, 0.29) is 23.8 Å². The average Bonchev–Trinajstić information content (AvgIpc) is 3.08. The van der Waals surface area contributed by atoms with Gasteiger partial charge in [-0.15, -0.1) is 0 Å². The molecule has 0 saturated carbocycles. The van der Waals surface area contributed by atoms with Crippen molar-refractivity contribution in [2.45, 2.75) is 26.4 Å². The molecule has 0 atom stereocenters. The third-order valence-electron chi connectivity index (χ3n) is 5.76. The number of aryl methyl sites for hydroxylation is 1. The molecule has 2 heterocycles. The zero-order valence-electron chi connectivity index (χ0n) is 19.1. The molecule has 9 heteroatoms. The Morgan fingerprint density at radius 1 is 1.09 bits per heavy atom. The molecule has 0 radical (unpaired) electrons. The number of nitrogens with zero attached hydrogens (tertiary/aromatic N) is 4. The first-order valence-corrected chi connectivity index (χ1v) is 11.1. The van der Waals surface area contributed by atoms with Crippen molar-refractivity contribution in [3.05, 3.63) is 59.7 Å². The van der Waals surface area contributed by atoms with E-state index in [0.717, 1.165) is 16.9 Å². The van der Waals surface area contributed by atoms with Gasteiger partial charge in [0.05, 0.1) is 17.6 Å². The lowest BCUT2D eigenvalue weighted by Gasteiger charge is -2.34. The smallest absolute Gasteiger partial charge is 0.321 e. The number of carbonyl (C=O) groups excluding carboxylic acids is 2. The van der Waals surface area contributed by atoms with Crippen LogP contribution < -0.4 is 10.6 Å². The minimum Gasteiger partial charge on any atom is -0.350 e. The number of piperazine rings is 1. The Balaban J connectivity index is 1.37. The zero-order valence-corrected chi connectivity index (χ0v) is 19.1. The summed E-state index contributed by atoms with van der Waals surface area (Å²) >= 11 is 0. The highest BCUT2D eigenvalue weighted by Gasteiger charge is 2.23. The highest BCUT2D eigenvalue weighted by Crippen LogP contribution is 2.19. The van der Waals surface area contributed by atoms with Crippen LogP contribution in [0.4, 0.5) is 14.9 Å². The molecule has 8 nitrogen and oxygen atoms in total. The summed E-state index contributed by atoms with van der Waals surface area (Å²) < 4.78 is 15.4. The number of carbonyl (C=O) groups is 2. The van der Waals surface area contributed by atoms with Crippen molar-refractivity contribution in [1.29, 1.82) is 0 Å². The van der Waals surface area contributed by atoms with Gasteiger partial charge in [0.25, 0.3) is 5.91 Å². The summed E-state index contributed by atoms with van der Waals surface area (Å²) in [7, 11) is 1.97. The zero-order chi connectivity index (χ0) is 23.5. The van der Waals surface area contributed by atoms with Crippen LogP contribution in [0.3, 0.4) is 0 Å². The van der Waals surface area contributed by atoms with Crippen molar-refractivity contribution in [3.8, 4) is 0 Å². The molecule has 174 valence electrons. The number of halogens is 1. The van der Waals surface area contributed by atoms with E-state index in [4.69, 9.17) is 4.98 Å². The number of urea groups is 1. The van der Waals surface area contributed by atoms with Gasteiger partial charge in [-0.05, 0) is 50.2 Å². The first-order valence-electron chi connectivity index (χ1n) is 11.1. The minimum atomic E-state index is -0.382. The maximum atomic E-state index is 13.3. The van der Waals surface area contributed by atoms with Gasteiger partial charge in [0, 0.05) is 50.5 Å². The van der Waals surface area contributed by atoms with Crippen LogP contribution in [-0.4, -0.2) is 63.5 Å². The Labute approximate surface area is 192 Å². The number of hydrogen-bond acceptors (Lipinski definition) is 4. The summed E-state index contributed by atoms with van der Waals surface area (Å²) in [5.41, 5.74) is 2.80. The Kier molecular flexibility index (Phi) is 6.60. The molecule has 2 N–H and O–H groups in total. The summed E-state index contributed by atoms with van der Waals surface area (Å²) in [6, 6.07) is 11.3. The Morgan fingerprint density at radius 3 is 2.55 bits per heavy atom. The van der Waals surface area contributed by atoms with Crippen LogP contribution >= 0.6 is 0 Å². The molecule has 0 bridgehead atoms. The Hall–Kier alpha value is -3.46. The maximum absolute atomic E-state index is 13.3.